The van der Waals surface area contributed by atoms with E-state index in [-0.39, 0.29) is 18.8 Å². The fourth-order valence-electron chi connectivity index (χ4n) is 6.36. The van der Waals surface area contributed by atoms with Gasteiger partial charge in [0.1, 0.15) is 5.75 Å². The third kappa shape index (κ3) is 6.34. The van der Waals surface area contributed by atoms with E-state index in [2.05, 4.69) is 23.8 Å². The molecule has 1 aromatic carbocycles. The van der Waals surface area contributed by atoms with Crippen LogP contribution in [0.3, 0.4) is 0 Å². The van der Waals surface area contributed by atoms with Crippen LogP contribution in [-0.4, -0.2) is 6.11 Å². The van der Waals surface area contributed by atoms with Crippen molar-refractivity contribution in [1.82, 2.24) is 0 Å². The molecule has 1 nitrogen and oxygen atoms in total. The molecule has 3 aliphatic carbocycles. The minimum atomic E-state index is -3.55. The van der Waals surface area contributed by atoms with Crippen LogP contribution < -0.4 is 4.74 Å². The van der Waals surface area contributed by atoms with Gasteiger partial charge in [0, 0.05) is 12.1 Å². The first-order valence-electron chi connectivity index (χ1n) is 13.1. The van der Waals surface area contributed by atoms with E-state index < -0.39 is 35.2 Å². The Labute approximate surface area is 200 Å². The van der Waals surface area contributed by atoms with E-state index in [9.17, 15) is 22.0 Å². The van der Waals surface area contributed by atoms with Gasteiger partial charge >= 0.3 is 6.11 Å². The number of allylic oxidation sites excluding steroid dienone is 2. The maximum atomic E-state index is 14.6. The molecule has 0 amide bonds. The molecule has 0 aliphatic heterocycles. The van der Waals surface area contributed by atoms with Crippen molar-refractivity contribution in [3.8, 4) is 5.75 Å². The standard InChI is InChI=1S/C28H37F5O/c1-18-2-10-21(11-3-18)22-12-6-19(7-13-22)4-5-20-8-14-23(15-9-20)28(32,33)34-24-16-25(29)27(31)26(30)17-24/h4-5,16-23H,2-3,6-15H2,1H3/b5-4+. The van der Waals surface area contributed by atoms with Gasteiger partial charge in [0.25, 0.3) is 0 Å². The van der Waals surface area contributed by atoms with Gasteiger partial charge in [-0.05, 0) is 93.8 Å². The van der Waals surface area contributed by atoms with Crippen molar-refractivity contribution >= 4 is 0 Å². The van der Waals surface area contributed by atoms with E-state index in [1.54, 1.807) is 0 Å². The van der Waals surface area contributed by atoms with Crippen LogP contribution in [0.4, 0.5) is 22.0 Å². The highest BCUT2D eigenvalue weighted by atomic mass is 19.3. The molecule has 0 heterocycles. The van der Waals surface area contributed by atoms with Crippen LogP contribution in [0.1, 0.15) is 84.0 Å². The topological polar surface area (TPSA) is 9.23 Å². The first-order chi connectivity index (χ1) is 16.2. The number of benzene rings is 1. The van der Waals surface area contributed by atoms with E-state index >= 15 is 0 Å². The Kier molecular flexibility index (Phi) is 8.24. The van der Waals surface area contributed by atoms with Crippen molar-refractivity contribution in [2.75, 3.05) is 0 Å². The van der Waals surface area contributed by atoms with Gasteiger partial charge < -0.3 is 4.74 Å². The predicted molar refractivity (Wildman–Crippen MR) is 123 cm³/mol. The van der Waals surface area contributed by atoms with Gasteiger partial charge in [-0.3, -0.25) is 0 Å². The molecule has 34 heavy (non-hydrogen) atoms. The van der Waals surface area contributed by atoms with Crippen molar-refractivity contribution in [3.63, 3.8) is 0 Å². The molecule has 0 unspecified atom stereocenters. The van der Waals surface area contributed by atoms with Crippen molar-refractivity contribution in [1.29, 1.82) is 0 Å². The monoisotopic (exact) mass is 484 g/mol. The normalized spacial score (nSPS) is 33.2. The summed E-state index contributed by atoms with van der Waals surface area (Å²) in [6, 6.07) is 0.925. The molecule has 190 valence electrons. The molecule has 0 spiro atoms. The third-order valence-electron chi connectivity index (χ3n) is 8.66. The summed E-state index contributed by atoms with van der Waals surface area (Å²) >= 11 is 0. The van der Waals surface area contributed by atoms with E-state index in [0.29, 0.717) is 30.9 Å². The zero-order valence-electron chi connectivity index (χ0n) is 20.1. The van der Waals surface area contributed by atoms with Crippen LogP contribution in [0.15, 0.2) is 24.3 Å². The quantitative estimate of drug-likeness (QED) is 0.222. The molecule has 3 fully saturated rings. The molecular weight excluding hydrogens is 447 g/mol. The van der Waals surface area contributed by atoms with Crippen molar-refractivity contribution in [2.45, 2.75) is 90.1 Å². The fourth-order valence-corrected chi connectivity index (χ4v) is 6.36. The first kappa shape index (κ1) is 25.5. The molecule has 0 N–H and O–H groups in total. The smallest absolute Gasteiger partial charge is 0.400 e. The molecule has 0 saturated heterocycles. The second kappa shape index (κ2) is 11.0. The largest absolute Gasteiger partial charge is 0.432 e. The van der Waals surface area contributed by atoms with Gasteiger partial charge in [0.15, 0.2) is 17.5 Å². The molecule has 0 radical (unpaired) electrons. The summed E-state index contributed by atoms with van der Waals surface area (Å²) in [6.45, 7) is 2.37. The van der Waals surface area contributed by atoms with Crippen molar-refractivity contribution in [3.05, 3.63) is 41.7 Å². The maximum absolute atomic E-state index is 14.6. The van der Waals surface area contributed by atoms with Gasteiger partial charge in [0.05, 0.1) is 5.92 Å². The predicted octanol–water partition coefficient (Wildman–Crippen LogP) is 9.07. The summed E-state index contributed by atoms with van der Waals surface area (Å²) in [4.78, 5) is 0. The lowest BCUT2D eigenvalue weighted by Crippen LogP contribution is -2.37. The molecule has 4 rings (SSSR count). The summed E-state index contributed by atoms with van der Waals surface area (Å²) in [5, 5.41) is 0. The first-order valence-corrected chi connectivity index (χ1v) is 13.1. The average molecular weight is 485 g/mol. The lowest BCUT2D eigenvalue weighted by molar-refractivity contribution is -0.223. The van der Waals surface area contributed by atoms with Crippen LogP contribution in [0.5, 0.6) is 5.75 Å². The zero-order chi connectivity index (χ0) is 24.3. The molecule has 0 atom stereocenters. The average Bonchev–Trinajstić information content (AvgIpc) is 2.82. The van der Waals surface area contributed by atoms with Gasteiger partial charge in [-0.25, -0.2) is 13.2 Å². The number of ether oxygens (including phenoxy) is 1. The summed E-state index contributed by atoms with van der Waals surface area (Å²) in [6.07, 6.45) is 13.5. The number of hydrogen-bond acceptors (Lipinski definition) is 1. The highest BCUT2D eigenvalue weighted by molar-refractivity contribution is 5.25. The number of alkyl halides is 2. The Balaban J connectivity index is 1.21. The van der Waals surface area contributed by atoms with E-state index in [4.69, 9.17) is 0 Å². The Bertz CT molecular complexity index is 806. The molecule has 3 aliphatic rings. The van der Waals surface area contributed by atoms with Crippen LogP contribution in [0, 0.1) is 53.0 Å². The Morgan fingerprint density at radius 2 is 1.15 bits per heavy atom. The number of rotatable bonds is 6. The summed E-state index contributed by atoms with van der Waals surface area (Å²) in [5.41, 5.74) is 0. The van der Waals surface area contributed by atoms with Crippen LogP contribution in [0.2, 0.25) is 0 Å². The highest BCUT2D eigenvalue weighted by Crippen LogP contribution is 2.43. The van der Waals surface area contributed by atoms with Gasteiger partial charge in [-0.1, -0.05) is 31.9 Å². The van der Waals surface area contributed by atoms with E-state index in [1.807, 2.05) is 0 Å². The highest BCUT2D eigenvalue weighted by Gasteiger charge is 2.44. The Morgan fingerprint density at radius 3 is 1.65 bits per heavy atom. The summed E-state index contributed by atoms with van der Waals surface area (Å²) in [7, 11) is 0. The van der Waals surface area contributed by atoms with Crippen molar-refractivity contribution < 1.29 is 26.7 Å². The second-order valence-electron chi connectivity index (χ2n) is 11.1. The third-order valence-corrected chi connectivity index (χ3v) is 8.66. The molecular formula is C28H37F5O. The van der Waals surface area contributed by atoms with Gasteiger partial charge in [0.2, 0.25) is 0 Å². The Hall–Kier alpha value is -1.59. The SMILES string of the molecule is CC1CCC(C2CCC(/C=C/C3CCC(C(F)(F)Oc4cc(F)c(F)c(F)c4)CC3)CC2)CC1. The van der Waals surface area contributed by atoms with Crippen molar-refractivity contribution in [2.24, 2.45) is 35.5 Å². The van der Waals surface area contributed by atoms with Crippen LogP contribution in [0.25, 0.3) is 0 Å². The fraction of sp³-hybridized carbons (Fsp3) is 0.714. The minimum Gasteiger partial charge on any atom is -0.432 e. The van der Waals surface area contributed by atoms with Gasteiger partial charge in [-0.2, -0.15) is 8.78 Å². The summed E-state index contributed by atoms with van der Waals surface area (Å²) < 4.78 is 73.5. The lowest BCUT2D eigenvalue weighted by Gasteiger charge is -2.37. The molecule has 1 aromatic rings. The molecule has 6 heteroatoms. The maximum Gasteiger partial charge on any atom is 0.400 e. The molecule has 0 aromatic heterocycles. The van der Waals surface area contributed by atoms with E-state index in [0.717, 1.165) is 17.8 Å². The van der Waals surface area contributed by atoms with Crippen LogP contribution >= 0.6 is 0 Å². The Morgan fingerprint density at radius 1 is 0.706 bits per heavy atom. The molecule has 0 bridgehead atoms. The van der Waals surface area contributed by atoms with E-state index in [1.165, 1.54) is 51.4 Å². The van der Waals surface area contributed by atoms with Crippen LogP contribution in [-0.2, 0) is 0 Å². The minimum absolute atomic E-state index is 0.279. The second-order valence-corrected chi connectivity index (χ2v) is 11.1. The molecule has 3 saturated carbocycles. The number of hydrogen-bond donors (Lipinski definition) is 0. The van der Waals surface area contributed by atoms with Gasteiger partial charge in [-0.15, -0.1) is 0 Å². The zero-order valence-corrected chi connectivity index (χ0v) is 20.1. The number of halogens is 5. The summed E-state index contributed by atoms with van der Waals surface area (Å²) in [5.74, 6) is -2.91. The lowest BCUT2D eigenvalue weighted by atomic mass is 9.69.